The molecule has 3 aromatic rings. The molecule has 0 spiro atoms. The van der Waals surface area contributed by atoms with Gasteiger partial charge in [-0.15, -0.1) is 11.3 Å². The van der Waals surface area contributed by atoms with Crippen LogP contribution in [0, 0.1) is 5.82 Å². The highest BCUT2D eigenvalue weighted by molar-refractivity contribution is 7.20. The first kappa shape index (κ1) is 20.6. The first-order chi connectivity index (χ1) is 15.1. The zero-order chi connectivity index (χ0) is 21.4. The quantitative estimate of drug-likeness (QED) is 0.599. The highest BCUT2D eigenvalue weighted by Gasteiger charge is 2.29. The van der Waals surface area contributed by atoms with Gasteiger partial charge in [-0.25, -0.2) is 14.4 Å². The van der Waals surface area contributed by atoms with Crippen LogP contribution in [-0.4, -0.2) is 57.9 Å². The number of fused-ring (bicyclic) bond motifs is 1. The number of nitrogens with zero attached hydrogens (tertiary/aromatic N) is 4. The molecular formula is C22H23ClFN5OS. The van der Waals surface area contributed by atoms with Crippen LogP contribution < -0.4 is 5.32 Å². The van der Waals surface area contributed by atoms with E-state index in [0.717, 1.165) is 36.1 Å². The summed E-state index contributed by atoms with van der Waals surface area (Å²) in [7, 11) is 0. The molecule has 2 aromatic heterocycles. The second-order valence-electron chi connectivity index (χ2n) is 8.07. The third-order valence-electron chi connectivity index (χ3n) is 6.13. The number of thiophene rings is 1. The summed E-state index contributed by atoms with van der Waals surface area (Å²) in [4.78, 5) is 27.7. The minimum absolute atomic E-state index is 0.0359. The number of amides is 1. The van der Waals surface area contributed by atoms with Gasteiger partial charge in [0, 0.05) is 24.8 Å². The van der Waals surface area contributed by atoms with Crippen molar-refractivity contribution in [3.8, 4) is 0 Å². The summed E-state index contributed by atoms with van der Waals surface area (Å²) in [5, 5.41) is 3.96. The van der Waals surface area contributed by atoms with Crippen LogP contribution in [0.2, 0.25) is 5.02 Å². The van der Waals surface area contributed by atoms with Crippen molar-refractivity contribution in [2.45, 2.75) is 31.7 Å². The summed E-state index contributed by atoms with van der Waals surface area (Å²) < 4.78 is 13.4. The molecule has 162 valence electrons. The Labute approximate surface area is 189 Å². The van der Waals surface area contributed by atoms with E-state index in [1.807, 2.05) is 11.0 Å². The van der Waals surface area contributed by atoms with Gasteiger partial charge in [0.05, 0.1) is 15.3 Å². The van der Waals surface area contributed by atoms with Gasteiger partial charge in [0.15, 0.2) is 0 Å². The number of benzene rings is 1. The molecule has 0 radical (unpaired) electrons. The molecule has 31 heavy (non-hydrogen) atoms. The lowest BCUT2D eigenvalue weighted by molar-refractivity contribution is 0.0649. The molecule has 1 aromatic carbocycles. The number of hydrogen-bond donors (Lipinski definition) is 1. The summed E-state index contributed by atoms with van der Waals surface area (Å²) in [6.45, 7) is 3.98. The van der Waals surface area contributed by atoms with E-state index in [1.165, 1.54) is 55.7 Å². The summed E-state index contributed by atoms with van der Waals surface area (Å²) in [6.07, 6.45) is 6.12. The van der Waals surface area contributed by atoms with Crippen molar-refractivity contribution < 1.29 is 9.18 Å². The Morgan fingerprint density at radius 1 is 1.13 bits per heavy atom. The third-order valence-corrected chi connectivity index (χ3v) is 7.45. The fourth-order valence-corrected chi connectivity index (χ4v) is 5.62. The molecule has 2 saturated heterocycles. The van der Waals surface area contributed by atoms with Crippen molar-refractivity contribution in [3.63, 3.8) is 0 Å². The normalized spacial score (nSPS) is 18.1. The van der Waals surface area contributed by atoms with E-state index in [9.17, 15) is 9.18 Å². The summed E-state index contributed by atoms with van der Waals surface area (Å²) >= 11 is 7.26. The Morgan fingerprint density at radius 2 is 1.90 bits per heavy atom. The van der Waals surface area contributed by atoms with Crippen LogP contribution in [0.3, 0.4) is 0 Å². The van der Waals surface area contributed by atoms with Gasteiger partial charge >= 0.3 is 0 Å². The van der Waals surface area contributed by atoms with Crippen LogP contribution in [0.15, 0.2) is 30.6 Å². The maximum absolute atomic E-state index is 13.4. The molecule has 0 atom stereocenters. The van der Waals surface area contributed by atoms with E-state index in [-0.39, 0.29) is 10.9 Å². The number of carbonyl (C=O) groups is 1. The number of carbonyl (C=O) groups excluding carboxylic acids is 1. The molecule has 6 nitrogen and oxygen atoms in total. The Morgan fingerprint density at radius 3 is 2.65 bits per heavy atom. The Kier molecular flexibility index (Phi) is 5.77. The fourth-order valence-electron chi connectivity index (χ4n) is 4.47. The van der Waals surface area contributed by atoms with Crippen LogP contribution in [-0.2, 0) is 0 Å². The summed E-state index contributed by atoms with van der Waals surface area (Å²) in [5.74, 6) is 0.145. The third kappa shape index (κ3) is 4.24. The lowest BCUT2D eigenvalue weighted by Crippen LogP contribution is -2.45. The number of piperidine rings is 1. The van der Waals surface area contributed by atoms with Gasteiger partial charge in [0.1, 0.15) is 22.8 Å². The fraction of sp³-hybridized carbons (Fsp3) is 0.409. The van der Waals surface area contributed by atoms with Crippen molar-refractivity contribution in [2.75, 3.05) is 31.5 Å². The standard InChI is InChI=1S/C22H23ClFN5OS/c23-17-11-14(3-4-18(17)24)27-20-16-12-19(31-21(16)26-13-25-20)22(30)29-9-5-15(6-10-29)28-7-1-2-8-28/h3-4,11-13,15H,1-2,5-10H2,(H,25,26,27). The number of halogens is 2. The van der Waals surface area contributed by atoms with Crippen LogP contribution in [0.5, 0.6) is 0 Å². The van der Waals surface area contributed by atoms with Crippen LogP contribution in [0.25, 0.3) is 10.2 Å². The molecule has 4 heterocycles. The smallest absolute Gasteiger partial charge is 0.264 e. The first-order valence-electron chi connectivity index (χ1n) is 10.6. The average Bonchev–Trinajstić information content (AvgIpc) is 3.47. The van der Waals surface area contributed by atoms with E-state index in [2.05, 4.69) is 20.2 Å². The maximum atomic E-state index is 13.4. The van der Waals surface area contributed by atoms with Crippen molar-refractivity contribution in [1.82, 2.24) is 19.8 Å². The number of hydrogen-bond acceptors (Lipinski definition) is 6. The van der Waals surface area contributed by atoms with Crippen LogP contribution >= 0.6 is 22.9 Å². The zero-order valence-corrected chi connectivity index (χ0v) is 18.6. The molecular weight excluding hydrogens is 437 g/mol. The average molecular weight is 460 g/mol. The molecule has 0 bridgehead atoms. The molecule has 2 aliphatic heterocycles. The number of nitrogens with one attached hydrogen (secondary N) is 1. The van der Waals surface area contributed by atoms with E-state index in [4.69, 9.17) is 11.6 Å². The van der Waals surface area contributed by atoms with E-state index in [0.29, 0.717) is 22.4 Å². The molecule has 0 saturated carbocycles. The van der Waals surface area contributed by atoms with Gasteiger partial charge in [0.2, 0.25) is 0 Å². The van der Waals surface area contributed by atoms with Gasteiger partial charge in [-0.2, -0.15) is 0 Å². The van der Waals surface area contributed by atoms with Crippen molar-refractivity contribution in [1.29, 1.82) is 0 Å². The largest absolute Gasteiger partial charge is 0.340 e. The second kappa shape index (κ2) is 8.68. The van der Waals surface area contributed by atoms with Crippen molar-refractivity contribution in [2.24, 2.45) is 0 Å². The van der Waals surface area contributed by atoms with E-state index >= 15 is 0 Å². The molecule has 9 heteroatoms. The van der Waals surface area contributed by atoms with Crippen LogP contribution in [0.1, 0.15) is 35.4 Å². The minimum Gasteiger partial charge on any atom is -0.340 e. The number of anilines is 2. The summed E-state index contributed by atoms with van der Waals surface area (Å²) in [5.41, 5.74) is 0.620. The monoisotopic (exact) mass is 459 g/mol. The van der Waals surface area contributed by atoms with Gasteiger partial charge in [-0.3, -0.25) is 4.79 Å². The molecule has 1 N–H and O–H groups in total. The van der Waals surface area contributed by atoms with Crippen molar-refractivity contribution >= 4 is 50.6 Å². The van der Waals surface area contributed by atoms with E-state index < -0.39 is 5.82 Å². The topological polar surface area (TPSA) is 61.4 Å². The van der Waals surface area contributed by atoms with Gasteiger partial charge < -0.3 is 15.1 Å². The molecule has 2 aliphatic rings. The number of aromatic nitrogens is 2. The Hall–Kier alpha value is -2.29. The van der Waals surface area contributed by atoms with Crippen LogP contribution in [0.4, 0.5) is 15.9 Å². The molecule has 1 amide bonds. The predicted octanol–water partition coefficient (Wildman–Crippen LogP) is 4.93. The highest BCUT2D eigenvalue weighted by Crippen LogP contribution is 2.32. The predicted molar refractivity (Wildman–Crippen MR) is 122 cm³/mol. The zero-order valence-electron chi connectivity index (χ0n) is 17.0. The van der Waals surface area contributed by atoms with Gasteiger partial charge in [-0.05, 0) is 63.0 Å². The second-order valence-corrected chi connectivity index (χ2v) is 9.51. The molecule has 5 rings (SSSR count). The number of likely N-dealkylation sites (tertiary alicyclic amines) is 2. The minimum atomic E-state index is -0.475. The van der Waals surface area contributed by atoms with Gasteiger partial charge in [-0.1, -0.05) is 11.6 Å². The van der Waals surface area contributed by atoms with Crippen molar-refractivity contribution in [3.05, 3.63) is 46.3 Å². The Bertz CT molecular complexity index is 1110. The van der Waals surface area contributed by atoms with E-state index in [1.54, 1.807) is 6.07 Å². The molecule has 0 aliphatic carbocycles. The summed E-state index contributed by atoms with van der Waals surface area (Å²) in [6, 6.07) is 6.87. The highest BCUT2D eigenvalue weighted by atomic mass is 35.5. The first-order valence-corrected chi connectivity index (χ1v) is 11.8. The molecule has 2 fully saturated rings. The lowest BCUT2D eigenvalue weighted by Gasteiger charge is -2.36. The Balaban J connectivity index is 1.32. The SMILES string of the molecule is O=C(c1cc2c(Nc3ccc(F)c(Cl)c3)ncnc2s1)N1CCC(N2CCCC2)CC1. The van der Waals surface area contributed by atoms with Gasteiger partial charge in [0.25, 0.3) is 5.91 Å². The number of rotatable bonds is 4. The lowest BCUT2D eigenvalue weighted by atomic mass is 10.0. The maximum Gasteiger partial charge on any atom is 0.264 e. The molecule has 0 unspecified atom stereocenters.